The molecule has 3 rings (SSSR count). The molecule has 4 nitrogen and oxygen atoms in total. The summed E-state index contributed by atoms with van der Waals surface area (Å²) in [6, 6.07) is 19.8. The van der Waals surface area contributed by atoms with E-state index in [1.54, 1.807) is 0 Å². The molecule has 2 aromatic carbocycles. The van der Waals surface area contributed by atoms with E-state index in [4.69, 9.17) is 4.74 Å². The molecule has 1 unspecified atom stereocenters. The molecule has 1 heterocycles. The van der Waals surface area contributed by atoms with E-state index in [0.717, 1.165) is 31.5 Å². The van der Waals surface area contributed by atoms with Crippen molar-refractivity contribution in [2.45, 2.75) is 25.0 Å². The molecule has 24 heavy (non-hydrogen) atoms. The normalized spacial score (nSPS) is 16.6. The lowest BCUT2D eigenvalue weighted by Crippen LogP contribution is -2.46. The van der Waals surface area contributed by atoms with Gasteiger partial charge in [-0.2, -0.15) is 0 Å². The minimum absolute atomic E-state index is 0.0413. The first-order valence-electron chi connectivity index (χ1n) is 8.50. The number of benzene rings is 2. The summed E-state index contributed by atoms with van der Waals surface area (Å²) in [7, 11) is 1.98. The van der Waals surface area contributed by atoms with Gasteiger partial charge in [-0.25, -0.2) is 0 Å². The maximum Gasteiger partial charge on any atom is 0.268 e. The van der Waals surface area contributed by atoms with Crippen molar-refractivity contribution in [3.8, 4) is 5.75 Å². The zero-order valence-corrected chi connectivity index (χ0v) is 14.0. The Morgan fingerprint density at radius 2 is 1.62 bits per heavy atom. The highest BCUT2D eigenvalue weighted by Gasteiger charge is 2.30. The van der Waals surface area contributed by atoms with Gasteiger partial charge < -0.3 is 15.0 Å². The Morgan fingerprint density at radius 3 is 2.21 bits per heavy atom. The van der Waals surface area contributed by atoms with E-state index in [2.05, 4.69) is 5.32 Å². The molecule has 0 radical (unpaired) electrons. The fourth-order valence-corrected chi connectivity index (χ4v) is 3.08. The van der Waals surface area contributed by atoms with E-state index in [1.165, 1.54) is 0 Å². The minimum Gasteiger partial charge on any atom is -0.476 e. The maximum atomic E-state index is 13.1. The van der Waals surface area contributed by atoms with Crippen molar-refractivity contribution in [3.63, 3.8) is 0 Å². The highest BCUT2D eigenvalue weighted by Crippen LogP contribution is 2.25. The molecule has 1 saturated heterocycles. The molecular weight excluding hydrogens is 300 g/mol. The third-order valence-electron chi connectivity index (χ3n) is 4.54. The zero-order chi connectivity index (χ0) is 16.8. The van der Waals surface area contributed by atoms with Crippen molar-refractivity contribution in [2.24, 2.45) is 0 Å². The Labute approximate surface area is 143 Å². The molecule has 1 fully saturated rings. The van der Waals surface area contributed by atoms with Gasteiger partial charge in [-0.3, -0.25) is 4.79 Å². The van der Waals surface area contributed by atoms with E-state index < -0.39 is 6.10 Å². The lowest BCUT2D eigenvalue weighted by atomic mass is 10.0. The number of hydrogen-bond acceptors (Lipinski definition) is 3. The fourth-order valence-electron chi connectivity index (χ4n) is 3.08. The van der Waals surface area contributed by atoms with E-state index in [9.17, 15) is 4.79 Å². The quantitative estimate of drug-likeness (QED) is 0.919. The first-order chi connectivity index (χ1) is 11.8. The summed E-state index contributed by atoms with van der Waals surface area (Å²) < 4.78 is 6.06. The number of rotatable bonds is 5. The van der Waals surface area contributed by atoms with Crippen LogP contribution in [0.25, 0.3) is 0 Å². The van der Waals surface area contributed by atoms with Crippen LogP contribution in [-0.2, 0) is 4.79 Å². The van der Waals surface area contributed by atoms with Gasteiger partial charge in [0.2, 0.25) is 6.10 Å². The largest absolute Gasteiger partial charge is 0.476 e. The van der Waals surface area contributed by atoms with Crippen LogP contribution in [0.2, 0.25) is 0 Å². The highest BCUT2D eigenvalue weighted by molar-refractivity contribution is 5.82. The van der Waals surface area contributed by atoms with Gasteiger partial charge in [0.25, 0.3) is 5.91 Å². The lowest BCUT2D eigenvalue weighted by molar-refractivity contribution is -0.140. The molecule has 126 valence electrons. The molecule has 2 aromatic rings. The average Bonchev–Trinajstić information content (AvgIpc) is 2.67. The van der Waals surface area contributed by atoms with Gasteiger partial charge in [-0.1, -0.05) is 48.5 Å². The van der Waals surface area contributed by atoms with E-state index >= 15 is 0 Å². The topological polar surface area (TPSA) is 41.6 Å². The second kappa shape index (κ2) is 7.97. The van der Waals surface area contributed by atoms with Crippen LogP contribution in [-0.4, -0.2) is 37.0 Å². The standard InChI is InChI=1S/C20H24N2O2/c1-21-17-12-14-22(15-13-17)20(23)19(16-8-4-2-5-9-16)24-18-10-6-3-7-11-18/h2-11,17,19,21H,12-15H2,1H3. The third kappa shape index (κ3) is 3.95. The van der Waals surface area contributed by atoms with Crippen molar-refractivity contribution >= 4 is 5.91 Å². The number of ether oxygens (including phenoxy) is 1. The number of piperidine rings is 1. The highest BCUT2D eigenvalue weighted by atomic mass is 16.5. The van der Waals surface area contributed by atoms with Crippen molar-refractivity contribution in [2.75, 3.05) is 20.1 Å². The van der Waals surface area contributed by atoms with E-state index in [-0.39, 0.29) is 5.91 Å². The molecule has 0 spiro atoms. The van der Waals surface area contributed by atoms with Gasteiger partial charge >= 0.3 is 0 Å². The molecule has 0 bridgehead atoms. The zero-order valence-electron chi connectivity index (χ0n) is 14.0. The smallest absolute Gasteiger partial charge is 0.268 e. The van der Waals surface area contributed by atoms with Gasteiger partial charge in [0, 0.05) is 24.7 Å². The first-order valence-corrected chi connectivity index (χ1v) is 8.50. The fraction of sp³-hybridized carbons (Fsp3) is 0.350. The van der Waals surface area contributed by atoms with Gasteiger partial charge in [0.15, 0.2) is 0 Å². The van der Waals surface area contributed by atoms with Crippen LogP contribution >= 0.6 is 0 Å². The number of likely N-dealkylation sites (tertiary alicyclic amines) is 1. The molecule has 1 aliphatic rings. The van der Waals surface area contributed by atoms with Crippen molar-refractivity contribution in [3.05, 3.63) is 66.2 Å². The Morgan fingerprint density at radius 1 is 1.04 bits per heavy atom. The molecule has 4 heteroatoms. The Kier molecular flexibility index (Phi) is 5.49. The SMILES string of the molecule is CNC1CCN(C(=O)C(Oc2ccccc2)c2ccccc2)CC1. The van der Waals surface area contributed by atoms with Crippen LogP contribution in [0, 0.1) is 0 Å². The molecule has 0 aromatic heterocycles. The van der Waals surface area contributed by atoms with E-state index in [1.807, 2.05) is 72.6 Å². The monoisotopic (exact) mass is 324 g/mol. The Balaban J connectivity index is 1.78. The van der Waals surface area contributed by atoms with Crippen molar-refractivity contribution in [1.82, 2.24) is 10.2 Å². The molecular formula is C20H24N2O2. The number of nitrogens with zero attached hydrogens (tertiary/aromatic N) is 1. The first kappa shape index (κ1) is 16.5. The summed E-state index contributed by atoms with van der Waals surface area (Å²) in [6.45, 7) is 1.54. The van der Waals surface area contributed by atoms with Crippen molar-refractivity contribution < 1.29 is 9.53 Å². The van der Waals surface area contributed by atoms with Crippen LogP contribution in [0.3, 0.4) is 0 Å². The van der Waals surface area contributed by atoms with E-state index in [0.29, 0.717) is 11.8 Å². The predicted octanol–water partition coefficient (Wildman–Crippen LogP) is 3.02. The second-order valence-electron chi connectivity index (χ2n) is 6.11. The van der Waals surface area contributed by atoms with Crippen LogP contribution in [0.4, 0.5) is 0 Å². The number of carbonyl (C=O) groups excluding carboxylic acids is 1. The average molecular weight is 324 g/mol. The third-order valence-corrected chi connectivity index (χ3v) is 4.54. The summed E-state index contributed by atoms with van der Waals surface area (Å²) in [6.07, 6.45) is 1.37. The van der Waals surface area contributed by atoms with Gasteiger partial charge in [0.1, 0.15) is 5.75 Å². The Bertz CT molecular complexity index is 637. The summed E-state index contributed by atoms with van der Waals surface area (Å²) in [5.41, 5.74) is 0.891. The summed E-state index contributed by atoms with van der Waals surface area (Å²) in [5, 5.41) is 3.29. The summed E-state index contributed by atoms with van der Waals surface area (Å²) in [4.78, 5) is 15.0. The minimum atomic E-state index is -0.597. The molecule has 1 amide bonds. The second-order valence-corrected chi connectivity index (χ2v) is 6.11. The van der Waals surface area contributed by atoms with Crippen LogP contribution < -0.4 is 10.1 Å². The lowest BCUT2D eigenvalue weighted by Gasteiger charge is -2.34. The Hall–Kier alpha value is -2.33. The molecule has 0 saturated carbocycles. The maximum absolute atomic E-state index is 13.1. The van der Waals surface area contributed by atoms with Crippen LogP contribution in [0.5, 0.6) is 5.75 Å². The van der Waals surface area contributed by atoms with Gasteiger partial charge in [-0.05, 0) is 32.0 Å². The number of hydrogen-bond donors (Lipinski definition) is 1. The molecule has 1 N–H and O–H groups in total. The molecule has 0 aliphatic carbocycles. The summed E-state index contributed by atoms with van der Waals surface area (Å²) >= 11 is 0. The number of nitrogens with one attached hydrogen (secondary N) is 1. The molecule has 1 atom stereocenters. The predicted molar refractivity (Wildman–Crippen MR) is 94.9 cm³/mol. The number of amides is 1. The number of para-hydroxylation sites is 1. The van der Waals surface area contributed by atoms with Gasteiger partial charge in [-0.15, -0.1) is 0 Å². The van der Waals surface area contributed by atoms with Crippen molar-refractivity contribution in [1.29, 1.82) is 0 Å². The molecule has 1 aliphatic heterocycles. The van der Waals surface area contributed by atoms with Crippen LogP contribution in [0.15, 0.2) is 60.7 Å². The summed E-state index contributed by atoms with van der Waals surface area (Å²) in [5.74, 6) is 0.754. The van der Waals surface area contributed by atoms with Crippen LogP contribution in [0.1, 0.15) is 24.5 Å². The van der Waals surface area contributed by atoms with Gasteiger partial charge in [0.05, 0.1) is 0 Å². The number of carbonyl (C=O) groups is 1.